The van der Waals surface area contributed by atoms with Gasteiger partial charge in [-0.25, -0.2) is 13.2 Å². The van der Waals surface area contributed by atoms with Crippen molar-refractivity contribution in [3.8, 4) is 0 Å². The number of nitrogens with one attached hydrogen (secondary N) is 1. The summed E-state index contributed by atoms with van der Waals surface area (Å²) < 4.78 is 66.3. The third-order valence-electron chi connectivity index (χ3n) is 2.48. The maximum Gasteiger partial charge on any atom is 0.389 e. The van der Waals surface area contributed by atoms with Crippen LogP contribution in [0.1, 0.15) is 28.1 Å². The molecule has 0 radical (unpaired) electrons. The maximum atomic E-state index is 12.0. The van der Waals surface area contributed by atoms with Crippen LogP contribution >= 0.6 is 11.3 Å². The Morgan fingerprint density at radius 1 is 1.43 bits per heavy atom. The Hall–Kier alpha value is -1.29. The zero-order valence-corrected chi connectivity index (χ0v) is 12.9. The van der Waals surface area contributed by atoms with Gasteiger partial charge in [0.15, 0.2) is 0 Å². The van der Waals surface area contributed by atoms with Crippen LogP contribution in [0.25, 0.3) is 0 Å². The number of hydrogen-bond donors (Lipinski definition) is 1. The first-order chi connectivity index (χ1) is 9.56. The average Bonchev–Trinajstić information content (AvgIpc) is 2.67. The molecule has 0 bridgehead atoms. The number of anilines is 1. The summed E-state index contributed by atoms with van der Waals surface area (Å²) in [6.07, 6.45) is -6.12. The first-order valence-corrected chi connectivity index (χ1v) is 8.32. The van der Waals surface area contributed by atoms with E-state index < -0.39 is 40.8 Å². The lowest BCUT2D eigenvalue weighted by molar-refractivity contribution is -0.134. The standard InChI is InChI=1S/C11H14F3NO4S2/c1-7-6-20-9(10(16)19-2)8(7)15-21(17,18)5-3-4-11(12,13)14/h6,15H,3-5H2,1-2H3. The lowest BCUT2D eigenvalue weighted by Crippen LogP contribution is -2.20. The molecular weight excluding hydrogens is 331 g/mol. The number of alkyl halides is 3. The molecule has 0 atom stereocenters. The van der Waals surface area contributed by atoms with Crippen LogP contribution in [0.2, 0.25) is 0 Å². The zero-order valence-electron chi connectivity index (χ0n) is 11.3. The largest absolute Gasteiger partial charge is 0.465 e. The molecule has 1 aromatic heterocycles. The number of carbonyl (C=O) groups is 1. The van der Waals surface area contributed by atoms with Crippen molar-refractivity contribution in [2.75, 3.05) is 17.6 Å². The van der Waals surface area contributed by atoms with Gasteiger partial charge in [0, 0.05) is 6.42 Å². The Kier molecular flexibility index (Phi) is 5.62. The first kappa shape index (κ1) is 17.8. The van der Waals surface area contributed by atoms with E-state index in [2.05, 4.69) is 9.46 Å². The second kappa shape index (κ2) is 6.65. The summed E-state index contributed by atoms with van der Waals surface area (Å²) in [5, 5.41) is 1.56. The Balaban J connectivity index is 2.80. The predicted octanol–water partition coefficient (Wildman–Crippen LogP) is 2.93. The van der Waals surface area contributed by atoms with Gasteiger partial charge in [0.1, 0.15) is 4.88 Å². The van der Waals surface area contributed by atoms with Crippen LogP contribution < -0.4 is 4.72 Å². The Morgan fingerprint density at radius 2 is 2.05 bits per heavy atom. The fourth-order valence-electron chi connectivity index (χ4n) is 1.48. The minimum absolute atomic E-state index is 0.0545. The minimum Gasteiger partial charge on any atom is -0.465 e. The van der Waals surface area contributed by atoms with Crippen molar-refractivity contribution in [2.24, 2.45) is 0 Å². The van der Waals surface area contributed by atoms with Crippen LogP contribution in [0.4, 0.5) is 18.9 Å². The normalized spacial score (nSPS) is 12.2. The van der Waals surface area contributed by atoms with Crippen molar-refractivity contribution in [1.29, 1.82) is 0 Å². The van der Waals surface area contributed by atoms with Crippen LogP contribution in [0.3, 0.4) is 0 Å². The van der Waals surface area contributed by atoms with Gasteiger partial charge < -0.3 is 4.74 Å². The monoisotopic (exact) mass is 345 g/mol. The van der Waals surface area contributed by atoms with Crippen molar-refractivity contribution in [3.63, 3.8) is 0 Å². The summed E-state index contributed by atoms with van der Waals surface area (Å²) in [5.74, 6) is -1.39. The van der Waals surface area contributed by atoms with Crippen LogP contribution in [-0.4, -0.2) is 33.4 Å². The number of methoxy groups -OCH3 is 1. The third-order valence-corrected chi connectivity index (χ3v) is 4.90. The molecule has 0 unspecified atom stereocenters. The topological polar surface area (TPSA) is 72.5 Å². The van der Waals surface area contributed by atoms with E-state index >= 15 is 0 Å². The lowest BCUT2D eigenvalue weighted by Gasteiger charge is -2.10. The molecule has 120 valence electrons. The molecule has 0 fully saturated rings. The molecule has 1 aromatic rings. The summed E-state index contributed by atoms with van der Waals surface area (Å²) in [6, 6.07) is 0. The van der Waals surface area contributed by atoms with Gasteiger partial charge in [-0.3, -0.25) is 4.72 Å². The van der Waals surface area contributed by atoms with Crippen molar-refractivity contribution in [1.82, 2.24) is 0 Å². The van der Waals surface area contributed by atoms with Crippen molar-refractivity contribution in [3.05, 3.63) is 15.8 Å². The van der Waals surface area contributed by atoms with Gasteiger partial charge in [-0.1, -0.05) is 0 Å². The van der Waals surface area contributed by atoms with E-state index in [9.17, 15) is 26.4 Å². The Labute approximate surface area is 124 Å². The molecule has 1 heterocycles. The van der Waals surface area contributed by atoms with Crippen LogP contribution in [0.15, 0.2) is 5.38 Å². The smallest absolute Gasteiger partial charge is 0.389 e. The SMILES string of the molecule is COC(=O)c1scc(C)c1NS(=O)(=O)CCCC(F)(F)F. The van der Waals surface area contributed by atoms with Gasteiger partial charge in [0.2, 0.25) is 10.0 Å². The van der Waals surface area contributed by atoms with E-state index in [0.29, 0.717) is 5.56 Å². The van der Waals surface area contributed by atoms with E-state index in [4.69, 9.17) is 0 Å². The highest BCUT2D eigenvalue weighted by Crippen LogP contribution is 2.29. The van der Waals surface area contributed by atoms with Gasteiger partial charge in [0.25, 0.3) is 0 Å². The van der Waals surface area contributed by atoms with Gasteiger partial charge in [-0.05, 0) is 24.3 Å². The van der Waals surface area contributed by atoms with Crippen LogP contribution in [0.5, 0.6) is 0 Å². The number of ether oxygens (including phenoxy) is 1. The van der Waals surface area contributed by atoms with Gasteiger partial charge in [-0.2, -0.15) is 13.2 Å². The zero-order chi connectivity index (χ0) is 16.3. The molecule has 0 aliphatic rings. The summed E-state index contributed by atoms with van der Waals surface area (Å²) in [7, 11) is -2.81. The van der Waals surface area contributed by atoms with E-state index in [0.717, 1.165) is 18.4 Å². The third kappa shape index (κ3) is 5.54. The van der Waals surface area contributed by atoms with Gasteiger partial charge in [-0.15, -0.1) is 11.3 Å². The highest BCUT2D eigenvalue weighted by molar-refractivity contribution is 7.92. The Morgan fingerprint density at radius 3 is 2.57 bits per heavy atom. The quantitative estimate of drug-likeness (QED) is 0.805. The van der Waals surface area contributed by atoms with Crippen molar-refractivity contribution < 1.29 is 31.1 Å². The number of halogens is 3. The number of thiophene rings is 1. The summed E-state index contributed by atoms with van der Waals surface area (Å²) >= 11 is 0.996. The number of carbonyl (C=O) groups excluding carboxylic acids is 1. The average molecular weight is 345 g/mol. The molecule has 0 aromatic carbocycles. The summed E-state index contributed by atoms with van der Waals surface area (Å²) in [4.78, 5) is 11.5. The summed E-state index contributed by atoms with van der Waals surface area (Å²) in [5.41, 5.74) is 0.554. The van der Waals surface area contributed by atoms with Crippen molar-refractivity contribution >= 4 is 33.0 Å². The molecule has 10 heteroatoms. The number of hydrogen-bond acceptors (Lipinski definition) is 5. The van der Waals surface area contributed by atoms with Gasteiger partial charge in [0.05, 0.1) is 18.6 Å². The molecule has 0 spiro atoms. The molecule has 0 saturated heterocycles. The highest BCUT2D eigenvalue weighted by atomic mass is 32.2. The van der Waals surface area contributed by atoms with Crippen LogP contribution in [-0.2, 0) is 14.8 Å². The number of aryl methyl sites for hydroxylation is 1. The Bertz CT molecular complexity index is 607. The van der Waals surface area contributed by atoms with E-state index in [1.807, 2.05) is 0 Å². The molecule has 21 heavy (non-hydrogen) atoms. The fourth-order valence-corrected chi connectivity index (χ4v) is 3.67. The maximum absolute atomic E-state index is 12.0. The summed E-state index contributed by atoms with van der Waals surface area (Å²) in [6.45, 7) is 1.58. The molecular formula is C11H14F3NO4S2. The molecule has 0 aliphatic heterocycles. The second-order valence-electron chi connectivity index (χ2n) is 4.25. The van der Waals surface area contributed by atoms with Crippen molar-refractivity contribution in [2.45, 2.75) is 25.9 Å². The van der Waals surface area contributed by atoms with Gasteiger partial charge >= 0.3 is 12.1 Å². The van der Waals surface area contributed by atoms with E-state index in [1.165, 1.54) is 0 Å². The molecule has 1 N–H and O–H groups in total. The molecule has 1 rings (SSSR count). The predicted molar refractivity (Wildman–Crippen MR) is 73.1 cm³/mol. The van der Waals surface area contributed by atoms with Crippen LogP contribution in [0, 0.1) is 6.92 Å². The van der Waals surface area contributed by atoms with E-state index in [1.54, 1.807) is 12.3 Å². The molecule has 0 aliphatic carbocycles. The minimum atomic E-state index is -4.40. The number of rotatable bonds is 6. The number of sulfonamides is 1. The fraction of sp³-hybridized carbons (Fsp3) is 0.545. The molecule has 0 saturated carbocycles. The number of esters is 1. The molecule has 5 nitrogen and oxygen atoms in total. The lowest BCUT2D eigenvalue weighted by atomic mass is 10.3. The highest BCUT2D eigenvalue weighted by Gasteiger charge is 2.28. The molecule has 0 amide bonds. The van der Waals surface area contributed by atoms with E-state index in [-0.39, 0.29) is 10.6 Å². The second-order valence-corrected chi connectivity index (χ2v) is 6.98. The first-order valence-electron chi connectivity index (χ1n) is 5.79.